The van der Waals surface area contributed by atoms with Crippen LogP contribution < -0.4 is 13.8 Å². The Kier molecular flexibility index (Phi) is 12.8. The van der Waals surface area contributed by atoms with Gasteiger partial charge in [0.05, 0.1) is 0 Å². The number of carbonyl (C=O) groups excluding carboxylic acids is 1. The molecule has 1 radical (unpaired) electrons. The predicted octanol–water partition coefficient (Wildman–Crippen LogP) is 10.7. The Morgan fingerprint density at radius 3 is 1.90 bits per heavy atom. The van der Waals surface area contributed by atoms with Crippen molar-refractivity contribution in [3.05, 3.63) is 132 Å². The van der Waals surface area contributed by atoms with Crippen LogP contribution in [0.1, 0.15) is 68.9 Å². The third kappa shape index (κ3) is 9.99. The number of hydrogen-bond acceptors (Lipinski definition) is 4. The van der Waals surface area contributed by atoms with Crippen molar-refractivity contribution in [3.63, 3.8) is 0 Å². The first-order chi connectivity index (χ1) is 22.0. The molecule has 0 saturated carbocycles. The van der Waals surface area contributed by atoms with Gasteiger partial charge in [0.1, 0.15) is 11.5 Å². The first-order valence-corrected chi connectivity index (χ1v) is 21.9. The van der Waals surface area contributed by atoms with Crippen molar-refractivity contribution in [2.75, 3.05) is 0 Å². The average molecular weight is 853 g/mol. The van der Waals surface area contributed by atoms with Crippen LogP contribution in [-0.4, -0.2) is 27.4 Å². The minimum atomic E-state index is -1.87. The molecule has 5 rings (SSSR count). The zero-order valence-electron chi connectivity index (χ0n) is 29.8. The normalized spacial score (nSPS) is 12.2. The van der Waals surface area contributed by atoms with Gasteiger partial charge in [0.15, 0.2) is 5.78 Å². The van der Waals surface area contributed by atoms with Gasteiger partial charge in [-0.1, -0.05) is 71.5 Å². The van der Waals surface area contributed by atoms with Gasteiger partial charge in [0.2, 0.25) is 16.6 Å². The summed E-state index contributed by atoms with van der Waals surface area (Å²) in [4.78, 5) is 20.7. The predicted molar refractivity (Wildman–Crippen MR) is 200 cm³/mol. The molecule has 2 heterocycles. The van der Waals surface area contributed by atoms with E-state index < -0.39 is 16.6 Å². The fourth-order valence-electron chi connectivity index (χ4n) is 4.19. The smallest absolute Gasteiger partial charge is 0.250 e. The molecule has 0 aliphatic heterocycles. The Labute approximate surface area is 302 Å². The number of carbonyl (C=O) groups is 1. The van der Waals surface area contributed by atoms with Gasteiger partial charge in [-0.15, -0.1) is 42.0 Å². The largest absolute Gasteiger partial charge is 0.661 e. The fraction of sp³-hybridized carbons (Fsp3) is 0.300. The molecular formula is C40H48IrN2O3Si2-2. The number of ketones is 1. The Morgan fingerprint density at radius 2 is 1.33 bits per heavy atom. The molecule has 2 aromatic heterocycles. The molecular weight excluding hydrogens is 805 g/mol. The van der Waals surface area contributed by atoms with Gasteiger partial charge >= 0.3 is 0 Å². The number of pyridine rings is 1. The van der Waals surface area contributed by atoms with Crippen molar-refractivity contribution >= 4 is 39.3 Å². The monoisotopic (exact) mass is 853 g/mol. The van der Waals surface area contributed by atoms with E-state index in [1.807, 2.05) is 60.8 Å². The summed E-state index contributed by atoms with van der Waals surface area (Å²) in [7, 11) is -3.71. The Hall–Kier alpha value is -3.56. The van der Waals surface area contributed by atoms with Crippen LogP contribution >= 0.6 is 0 Å². The number of fused-ring (bicyclic) bond motifs is 1. The third-order valence-electron chi connectivity index (χ3n) is 9.18. The molecule has 0 bridgehead atoms. The number of nitrogens with zero attached hydrogens (tertiary/aromatic N) is 2. The second-order valence-electron chi connectivity index (χ2n) is 14.8. The van der Waals surface area contributed by atoms with Crippen molar-refractivity contribution in [1.82, 2.24) is 9.97 Å². The van der Waals surface area contributed by atoms with Gasteiger partial charge in [-0.2, -0.15) is 6.20 Å². The molecule has 0 aliphatic rings. The number of rotatable bonds is 8. The molecule has 255 valence electrons. The molecule has 0 spiro atoms. The summed E-state index contributed by atoms with van der Waals surface area (Å²) in [6.45, 7) is 22.3. The van der Waals surface area contributed by atoms with Crippen molar-refractivity contribution in [3.8, 4) is 11.5 Å². The Morgan fingerprint density at radius 1 is 0.750 bits per heavy atom. The van der Waals surface area contributed by atoms with Crippen LogP contribution in [0.5, 0.6) is 11.5 Å². The van der Waals surface area contributed by atoms with Crippen LogP contribution in [-0.2, 0) is 20.1 Å². The molecule has 0 atom stereocenters. The first-order valence-electron chi connectivity index (χ1n) is 16.1. The quantitative estimate of drug-likeness (QED) is 0.0884. The molecule has 8 heteroatoms. The van der Waals surface area contributed by atoms with E-state index in [1.54, 1.807) is 30.5 Å². The molecule has 0 unspecified atom stereocenters. The van der Waals surface area contributed by atoms with Gasteiger partial charge in [-0.3, -0.25) is 4.79 Å². The topological polar surface area (TPSA) is 62.5 Å². The average Bonchev–Trinajstić information content (AvgIpc) is 3.55. The van der Waals surface area contributed by atoms with E-state index in [9.17, 15) is 4.79 Å². The van der Waals surface area contributed by atoms with Crippen molar-refractivity contribution in [1.29, 1.82) is 0 Å². The number of benzene rings is 3. The van der Waals surface area contributed by atoms with Crippen LogP contribution in [0.25, 0.3) is 16.8 Å². The van der Waals surface area contributed by atoms with E-state index in [1.165, 1.54) is 0 Å². The van der Waals surface area contributed by atoms with E-state index in [0.717, 1.165) is 33.5 Å². The molecule has 0 aliphatic carbocycles. The maximum absolute atomic E-state index is 12.2. The first kappa shape index (κ1) is 38.9. The SMILES string of the molecule is CC(C)(C)[Si](C)(C)Oc1ccc(C(=O)c2ccc[n-]2)cc1.CC(C)(C)[Si](C)(C)Oc1ccc2ccnc(C=[C-]c3ccccc3)c2c1.[Ir]. The van der Waals surface area contributed by atoms with Gasteiger partial charge in [0.25, 0.3) is 0 Å². The zero-order valence-corrected chi connectivity index (χ0v) is 34.2. The van der Waals surface area contributed by atoms with E-state index >= 15 is 0 Å². The molecule has 0 N–H and O–H groups in total. The molecule has 5 nitrogen and oxygen atoms in total. The van der Waals surface area contributed by atoms with Gasteiger partial charge < -0.3 is 18.8 Å². The summed E-state index contributed by atoms with van der Waals surface area (Å²) in [5.74, 6) is 1.69. The van der Waals surface area contributed by atoms with Crippen molar-refractivity contribution in [2.45, 2.75) is 77.8 Å². The summed E-state index contributed by atoms with van der Waals surface area (Å²) >= 11 is 0. The molecule has 0 fully saturated rings. The summed E-state index contributed by atoms with van der Waals surface area (Å²) in [6.07, 6.45) is 8.75. The van der Waals surface area contributed by atoms with E-state index in [4.69, 9.17) is 8.85 Å². The standard InChI is InChI=1S/C23H26NOSi.C17H23NO2Si.Ir/c1-23(2,3)26(4,5)25-20-13-12-19-15-16-24-22(21(19)17-20)14-11-18-9-7-6-8-10-18;1-17(2,3)21(4,5)20-14-10-8-13(9-11-14)16(19)15-7-6-12-18-15;/h6-10,12-17H,1-5H3;6-12H,1-5H3,(H,18,19);/q-1;;/p-1. The summed E-state index contributed by atoms with van der Waals surface area (Å²) < 4.78 is 12.7. The van der Waals surface area contributed by atoms with Gasteiger partial charge in [0, 0.05) is 31.9 Å². The minimum Gasteiger partial charge on any atom is -0.661 e. The number of hydrogen-bond donors (Lipinski definition) is 0. The van der Waals surface area contributed by atoms with Gasteiger partial charge in [-0.25, -0.2) is 0 Å². The molecule has 5 aromatic rings. The maximum atomic E-state index is 12.2. The summed E-state index contributed by atoms with van der Waals surface area (Å²) in [5.41, 5.74) is 3.07. The second kappa shape index (κ2) is 15.8. The summed E-state index contributed by atoms with van der Waals surface area (Å²) in [6, 6.07) is 29.3. The van der Waals surface area contributed by atoms with Crippen LogP contribution in [0.15, 0.2) is 103 Å². The zero-order chi connectivity index (χ0) is 34.5. The van der Waals surface area contributed by atoms with Crippen LogP contribution in [0.2, 0.25) is 36.3 Å². The van der Waals surface area contributed by atoms with Gasteiger partial charge in [-0.05, 0) is 95.2 Å². The van der Waals surface area contributed by atoms with Crippen molar-refractivity contribution < 1.29 is 33.8 Å². The Bertz CT molecular complexity index is 1800. The molecule has 0 amide bonds. The molecule has 48 heavy (non-hydrogen) atoms. The molecule has 0 saturated heterocycles. The van der Waals surface area contributed by atoms with Crippen LogP contribution in [0, 0.1) is 6.08 Å². The number of aromatic nitrogens is 2. The Balaban J connectivity index is 0.000000261. The maximum Gasteiger partial charge on any atom is 0.250 e. The van der Waals surface area contributed by atoms with E-state index in [2.05, 4.69) is 102 Å². The van der Waals surface area contributed by atoms with Crippen LogP contribution in [0.3, 0.4) is 0 Å². The van der Waals surface area contributed by atoms with E-state index in [0.29, 0.717) is 11.3 Å². The second-order valence-corrected chi connectivity index (χ2v) is 24.3. The molecule has 3 aromatic carbocycles. The fourth-order valence-corrected chi connectivity index (χ4v) is 6.24. The third-order valence-corrected chi connectivity index (χ3v) is 17.9. The minimum absolute atomic E-state index is 0. The summed E-state index contributed by atoms with van der Waals surface area (Å²) in [5, 5.41) is 2.57. The van der Waals surface area contributed by atoms with Crippen LogP contribution in [0.4, 0.5) is 0 Å². The van der Waals surface area contributed by atoms with Crippen molar-refractivity contribution in [2.24, 2.45) is 0 Å². The van der Waals surface area contributed by atoms with E-state index in [-0.39, 0.29) is 36.0 Å².